The number of nitrogens with zero attached hydrogens (tertiary/aromatic N) is 5. The van der Waals surface area contributed by atoms with Gasteiger partial charge in [0.1, 0.15) is 11.6 Å². The largest absolute Gasteiger partial charge is 0.352 e. The monoisotopic (exact) mass is 463 g/mol. The van der Waals surface area contributed by atoms with Gasteiger partial charge in [0, 0.05) is 45.8 Å². The van der Waals surface area contributed by atoms with Crippen LogP contribution in [0.2, 0.25) is 0 Å². The Balaban J connectivity index is 1.43. The normalized spacial score (nSPS) is 26.6. The summed E-state index contributed by atoms with van der Waals surface area (Å²) in [6.45, 7) is 2.24. The molecule has 3 fully saturated rings. The fraction of sp³-hybridized carbons (Fsp3) is 0.619. The molecule has 2 aromatic heterocycles. The van der Waals surface area contributed by atoms with E-state index in [0.717, 1.165) is 0 Å². The lowest BCUT2D eigenvalue weighted by Gasteiger charge is -2.44. The van der Waals surface area contributed by atoms with Gasteiger partial charge in [0.15, 0.2) is 5.82 Å². The summed E-state index contributed by atoms with van der Waals surface area (Å²) in [5.74, 6) is -3.00. The lowest BCUT2D eigenvalue weighted by Crippen LogP contribution is -2.61. The van der Waals surface area contributed by atoms with Crippen LogP contribution in [0.25, 0.3) is 11.0 Å². The molecule has 0 bridgehead atoms. The zero-order chi connectivity index (χ0) is 23.3. The van der Waals surface area contributed by atoms with Crippen LogP contribution in [0.3, 0.4) is 0 Å². The third-order valence-electron chi connectivity index (χ3n) is 6.99. The van der Waals surface area contributed by atoms with Crippen LogP contribution in [-0.4, -0.2) is 82.1 Å². The smallest absolute Gasteiger partial charge is 0.329 e. The molecule has 2 atom stereocenters. The number of rotatable bonds is 3. The Morgan fingerprint density at radius 3 is 2.58 bits per heavy atom. The number of hydrogen-bond acceptors (Lipinski definition) is 7. The summed E-state index contributed by atoms with van der Waals surface area (Å²) < 4.78 is 31.7. The van der Waals surface area contributed by atoms with Gasteiger partial charge in [-0.25, -0.2) is 18.6 Å². The van der Waals surface area contributed by atoms with Gasteiger partial charge >= 0.3 is 5.69 Å². The molecule has 1 unspecified atom stereocenters. The highest BCUT2D eigenvalue weighted by Gasteiger charge is 2.45. The number of halogens is 2. The van der Waals surface area contributed by atoms with Crippen LogP contribution in [0.5, 0.6) is 0 Å². The number of aromatic nitrogens is 3. The van der Waals surface area contributed by atoms with E-state index >= 15 is 0 Å². The summed E-state index contributed by atoms with van der Waals surface area (Å²) in [5.41, 5.74) is 0.795. The highest BCUT2D eigenvalue weighted by Crippen LogP contribution is 2.31. The van der Waals surface area contributed by atoms with Gasteiger partial charge in [-0.2, -0.15) is 0 Å². The summed E-state index contributed by atoms with van der Waals surface area (Å²) in [6, 6.07) is 0.145. The molecular formula is C21H27F2N7O3. The van der Waals surface area contributed by atoms with E-state index in [0.29, 0.717) is 56.0 Å². The predicted octanol–water partition coefficient (Wildman–Crippen LogP) is -0.168. The zero-order valence-electron chi connectivity index (χ0n) is 18.4. The molecule has 3 saturated heterocycles. The molecular weight excluding hydrogens is 436 g/mol. The molecule has 3 aliphatic heterocycles. The first-order valence-corrected chi connectivity index (χ1v) is 11.2. The van der Waals surface area contributed by atoms with E-state index in [4.69, 9.17) is 0 Å². The zero-order valence-corrected chi connectivity index (χ0v) is 18.4. The van der Waals surface area contributed by atoms with E-state index in [1.54, 1.807) is 19.3 Å². The van der Waals surface area contributed by atoms with E-state index in [-0.39, 0.29) is 31.0 Å². The van der Waals surface area contributed by atoms with Gasteiger partial charge in [-0.3, -0.25) is 28.9 Å². The van der Waals surface area contributed by atoms with Crippen molar-refractivity contribution in [1.82, 2.24) is 29.7 Å². The van der Waals surface area contributed by atoms with Crippen molar-refractivity contribution in [2.45, 2.75) is 37.3 Å². The number of anilines is 1. The maximum Gasteiger partial charge on any atom is 0.329 e. The molecule has 10 nitrogen and oxygen atoms in total. The van der Waals surface area contributed by atoms with Crippen LogP contribution < -0.4 is 21.2 Å². The fourth-order valence-electron chi connectivity index (χ4n) is 5.29. The molecule has 0 radical (unpaired) electrons. The number of imide groups is 1. The first-order chi connectivity index (χ1) is 15.8. The summed E-state index contributed by atoms with van der Waals surface area (Å²) in [6.07, 6.45) is 2.42. The van der Waals surface area contributed by atoms with Crippen LogP contribution in [0.1, 0.15) is 25.3 Å². The summed E-state index contributed by atoms with van der Waals surface area (Å²) in [7, 11) is 1.63. The average Bonchev–Trinajstić information content (AvgIpc) is 3.04. The van der Waals surface area contributed by atoms with Gasteiger partial charge in [-0.05, 0) is 25.5 Å². The number of imidazole rings is 1. The van der Waals surface area contributed by atoms with Crippen LogP contribution >= 0.6 is 0 Å². The number of amides is 2. The molecule has 2 amide bonds. The Bertz CT molecular complexity index is 1150. The molecule has 0 saturated carbocycles. The lowest BCUT2D eigenvalue weighted by molar-refractivity contribution is -0.135. The van der Waals surface area contributed by atoms with Crippen molar-refractivity contribution in [2.75, 3.05) is 44.2 Å². The minimum Gasteiger partial charge on any atom is -0.352 e. The maximum atomic E-state index is 14.4. The topological polar surface area (TPSA) is 104 Å². The molecule has 0 aliphatic carbocycles. The summed E-state index contributed by atoms with van der Waals surface area (Å²) >= 11 is 0. The standard InChI is InChI=1S/C21H27F2N7O3/c1-27-17-13(30(20(27)33)14-2-3-16(31)26-19(14)32)4-7-25-18(17)29-10-8-28(9-11-29)15-5-6-24-12-21(15,22)23/h4,7,14-15,24H,2-3,5-6,8-12H2,1H3,(H,26,31,32)/t14?,15-/m1/s1. The van der Waals surface area contributed by atoms with Crippen molar-refractivity contribution in [2.24, 2.45) is 7.05 Å². The van der Waals surface area contributed by atoms with Crippen LogP contribution in [0.15, 0.2) is 17.1 Å². The predicted molar refractivity (Wildman–Crippen MR) is 116 cm³/mol. The molecule has 12 heteroatoms. The molecule has 3 aliphatic rings. The second-order valence-electron chi connectivity index (χ2n) is 8.95. The number of alkyl halides is 2. The number of piperazine rings is 1. The molecule has 0 aromatic carbocycles. The van der Waals surface area contributed by atoms with E-state index in [9.17, 15) is 23.2 Å². The van der Waals surface area contributed by atoms with Crippen molar-refractivity contribution in [3.63, 3.8) is 0 Å². The van der Waals surface area contributed by atoms with Gasteiger partial charge in [-0.1, -0.05) is 0 Å². The SMILES string of the molecule is Cn1c(=O)n(C2CCC(=O)NC2=O)c2ccnc(N3CCN([C@@H]4CCNCC4(F)F)CC3)c21. The van der Waals surface area contributed by atoms with Gasteiger partial charge in [0.2, 0.25) is 11.8 Å². The molecule has 0 spiro atoms. The number of carbonyl (C=O) groups is 2. The Morgan fingerprint density at radius 2 is 1.88 bits per heavy atom. The Labute approximate surface area is 188 Å². The van der Waals surface area contributed by atoms with Crippen LogP contribution in [0.4, 0.5) is 14.6 Å². The van der Waals surface area contributed by atoms with Crippen LogP contribution in [-0.2, 0) is 16.6 Å². The van der Waals surface area contributed by atoms with Crippen molar-refractivity contribution in [3.05, 3.63) is 22.7 Å². The molecule has 33 heavy (non-hydrogen) atoms. The lowest BCUT2D eigenvalue weighted by atomic mass is 9.99. The third-order valence-corrected chi connectivity index (χ3v) is 6.99. The van der Waals surface area contributed by atoms with E-state index in [1.165, 1.54) is 9.13 Å². The van der Waals surface area contributed by atoms with Gasteiger partial charge in [0.05, 0.1) is 18.1 Å². The second kappa shape index (κ2) is 8.17. The van der Waals surface area contributed by atoms with Crippen molar-refractivity contribution < 1.29 is 18.4 Å². The second-order valence-corrected chi connectivity index (χ2v) is 8.95. The van der Waals surface area contributed by atoms with Crippen LogP contribution in [0, 0.1) is 0 Å². The third kappa shape index (κ3) is 3.70. The number of fused-ring (bicyclic) bond motifs is 1. The first kappa shape index (κ1) is 22.0. The van der Waals surface area contributed by atoms with Gasteiger partial charge in [-0.15, -0.1) is 0 Å². The average molecular weight is 463 g/mol. The molecule has 5 heterocycles. The molecule has 5 rings (SSSR count). The number of piperidine rings is 2. The number of carbonyl (C=O) groups excluding carboxylic acids is 2. The maximum absolute atomic E-state index is 14.4. The highest BCUT2D eigenvalue weighted by atomic mass is 19.3. The number of aryl methyl sites for hydroxylation is 1. The van der Waals surface area contributed by atoms with Gasteiger partial charge < -0.3 is 10.2 Å². The number of hydrogen-bond donors (Lipinski definition) is 2. The molecule has 178 valence electrons. The molecule has 2 aromatic rings. The Morgan fingerprint density at radius 1 is 1.12 bits per heavy atom. The van der Waals surface area contributed by atoms with E-state index < -0.39 is 23.9 Å². The van der Waals surface area contributed by atoms with Crippen molar-refractivity contribution in [1.29, 1.82) is 0 Å². The Kier molecular flexibility index (Phi) is 5.44. The first-order valence-electron chi connectivity index (χ1n) is 11.2. The van der Waals surface area contributed by atoms with Gasteiger partial charge in [0.25, 0.3) is 5.92 Å². The summed E-state index contributed by atoms with van der Waals surface area (Å²) in [5, 5.41) is 5.07. The fourth-order valence-corrected chi connectivity index (χ4v) is 5.29. The molecule has 2 N–H and O–H groups in total. The number of pyridine rings is 1. The minimum absolute atomic E-state index is 0.167. The van der Waals surface area contributed by atoms with E-state index in [1.807, 2.05) is 9.80 Å². The quantitative estimate of drug-likeness (QED) is 0.610. The summed E-state index contributed by atoms with van der Waals surface area (Å²) in [4.78, 5) is 45.5. The van der Waals surface area contributed by atoms with Crippen molar-refractivity contribution in [3.8, 4) is 0 Å². The number of nitrogens with one attached hydrogen (secondary N) is 2. The van der Waals surface area contributed by atoms with Crippen molar-refractivity contribution >= 4 is 28.7 Å². The minimum atomic E-state index is -2.76. The highest BCUT2D eigenvalue weighted by molar-refractivity contribution is 6.00. The Hall–Kier alpha value is -2.86. The van der Waals surface area contributed by atoms with E-state index in [2.05, 4.69) is 15.6 Å².